The number of aryl methyl sites for hydroxylation is 1. The number of aliphatic hydroxyl groups is 1. The van der Waals surface area contributed by atoms with Crippen molar-refractivity contribution in [3.8, 4) is 0 Å². The molecule has 1 aromatic carbocycles. The van der Waals surface area contributed by atoms with E-state index in [2.05, 4.69) is 33.4 Å². The number of piperidine rings is 1. The molecule has 1 fully saturated rings. The molecule has 0 bridgehead atoms. The monoisotopic (exact) mass is 283 g/mol. The first-order valence-corrected chi connectivity index (χ1v) is 6.65. The van der Waals surface area contributed by atoms with Gasteiger partial charge in [-0.15, -0.1) is 0 Å². The van der Waals surface area contributed by atoms with E-state index in [-0.39, 0.29) is 0 Å². The maximum atomic E-state index is 10.4. The second kappa shape index (κ2) is 5.30. The first kappa shape index (κ1) is 12.1. The van der Waals surface area contributed by atoms with Crippen molar-refractivity contribution in [2.24, 2.45) is 0 Å². The van der Waals surface area contributed by atoms with E-state index < -0.39 is 5.60 Å². The lowest BCUT2D eigenvalue weighted by Crippen LogP contribution is -2.42. The van der Waals surface area contributed by atoms with Crippen LogP contribution in [0, 0.1) is 0 Å². The molecule has 1 heterocycles. The van der Waals surface area contributed by atoms with Crippen molar-refractivity contribution in [1.82, 2.24) is 5.32 Å². The molecule has 0 atom stereocenters. The molecule has 3 heteroatoms. The molecule has 2 rings (SSSR count). The van der Waals surface area contributed by atoms with Crippen LogP contribution in [0.25, 0.3) is 0 Å². The molecule has 0 aromatic heterocycles. The number of rotatable bonds is 3. The van der Waals surface area contributed by atoms with Gasteiger partial charge in [0.05, 0.1) is 5.60 Å². The first-order valence-electron chi connectivity index (χ1n) is 5.86. The molecule has 16 heavy (non-hydrogen) atoms. The number of hydrogen-bond acceptors (Lipinski definition) is 2. The molecule has 0 spiro atoms. The molecule has 0 radical (unpaired) electrons. The van der Waals surface area contributed by atoms with Crippen LogP contribution in [-0.2, 0) is 6.42 Å². The quantitative estimate of drug-likeness (QED) is 0.894. The predicted molar refractivity (Wildman–Crippen MR) is 69.5 cm³/mol. The maximum absolute atomic E-state index is 10.4. The first-order chi connectivity index (χ1) is 7.70. The number of nitrogens with one attached hydrogen (secondary N) is 1. The zero-order valence-corrected chi connectivity index (χ0v) is 11.0. The lowest BCUT2D eigenvalue weighted by atomic mass is 9.86. The van der Waals surface area contributed by atoms with Crippen molar-refractivity contribution in [2.75, 3.05) is 13.1 Å². The molecule has 0 unspecified atom stereocenters. The van der Waals surface area contributed by atoms with Gasteiger partial charge in [-0.05, 0) is 50.4 Å². The van der Waals surface area contributed by atoms with Crippen molar-refractivity contribution < 1.29 is 5.11 Å². The summed E-state index contributed by atoms with van der Waals surface area (Å²) in [4.78, 5) is 0. The molecule has 1 saturated heterocycles. The Morgan fingerprint density at radius 1 is 1.25 bits per heavy atom. The summed E-state index contributed by atoms with van der Waals surface area (Å²) in [5.74, 6) is 0. The van der Waals surface area contributed by atoms with E-state index in [4.69, 9.17) is 0 Å². The van der Waals surface area contributed by atoms with Gasteiger partial charge in [0.2, 0.25) is 0 Å². The highest BCUT2D eigenvalue weighted by Crippen LogP contribution is 2.26. The fraction of sp³-hybridized carbons (Fsp3) is 0.538. The van der Waals surface area contributed by atoms with Gasteiger partial charge < -0.3 is 10.4 Å². The van der Waals surface area contributed by atoms with Crippen molar-refractivity contribution >= 4 is 15.9 Å². The zero-order valence-electron chi connectivity index (χ0n) is 9.38. The van der Waals surface area contributed by atoms with Crippen LogP contribution in [0.4, 0.5) is 0 Å². The second-order valence-electron chi connectivity index (χ2n) is 4.57. The number of halogens is 1. The maximum Gasteiger partial charge on any atom is 0.0675 e. The zero-order chi connectivity index (χ0) is 11.4. The molecule has 0 saturated carbocycles. The Labute approximate surface area is 105 Å². The van der Waals surface area contributed by atoms with Gasteiger partial charge in [0, 0.05) is 4.47 Å². The fourth-order valence-electron chi connectivity index (χ4n) is 2.21. The van der Waals surface area contributed by atoms with Gasteiger partial charge in [0.15, 0.2) is 0 Å². The lowest BCUT2D eigenvalue weighted by molar-refractivity contribution is 0.00278. The van der Waals surface area contributed by atoms with E-state index in [1.54, 1.807) is 0 Å². The highest BCUT2D eigenvalue weighted by atomic mass is 79.9. The van der Waals surface area contributed by atoms with E-state index >= 15 is 0 Å². The SMILES string of the molecule is OC1(CCc2ccccc2Br)CCNCC1. The van der Waals surface area contributed by atoms with Crippen molar-refractivity contribution in [3.05, 3.63) is 34.3 Å². The highest BCUT2D eigenvalue weighted by molar-refractivity contribution is 9.10. The molecule has 2 nitrogen and oxygen atoms in total. The minimum absolute atomic E-state index is 0.458. The van der Waals surface area contributed by atoms with Crippen LogP contribution < -0.4 is 5.32 Å². The van der Waals surface area contributed by atoms with Gasteiger partial charge in [-0.2, -0.15) is 0 Å². The largest absolute Gasteiger partial charge is 0.390 e. The number of hydrogen-bond donors (Lipinski definition) is 2. The van der Waals surface area contributed by atoms with E-state index in [9.17, 15) is 5.11 Å². The smallest absolute Gasteiger partial charge is 0.0675 e. The third-order valence-corrected chi connectivity index (χ3v) is 4.13. The summed E-state index contributed by atoms with van der Waals surface area (Å²) in [6.45, 7) is 1.87. The Bertz CT molecular complexity index is 348. The Morgan fingerprint density at radius 3 is 2.62 bits per heavy atom. The molecule has 1 aliphatic rings. The van der Waals surface area contributed by atoms with Crippen molar-refractivity contribution in [3.63, 3.8) is 0 Å². The third-order valence-electron chi connectivity index (χ3n) is 3.35. The average molecular weight is 284 g/mol. The fourth-order valence-corrected chi connectivity index (χ4v) is 2.69. The summed E-state index contributed by atoms with van der Waals surface area (Å²) < 4.78 is 1.15. The van der Waals surface area contributed by atoms with Crippen LogP contribution in [0.3, 0.4) is 0 Å². The molecule has 1 aromatic rings. The summed E-state index contributed by atoms with van der Waals surface area (Å²) in [6, 6.07) is 8.25. The van der Waals surface area contributed by atoms with Crippen LogP contribution in [-0.4, -0.2) is 23.8 Å². The third kappa shape index (κ3) is 3.06. The van der Waals surface area contributed by atoms with Crippen LogP contribution >= 0.6 is 15.9 Å². The van der Waals surface area contributed by atoms with E-state index in [1.807, 2.05) is 12.1 Å². The van der Waals surface area contributed by atoms with Gasteiger partial charge in [0.25, 0.3) is 0 Å². The molecule has 1 aliphatic heterocycles. The number of benzene rings is 1. The summed E-state index contributed by atoms with van der Waals surface area (Å²) in [7, 11) is 0. The Morgan fingerprint density at radius 2 is 1.94 bits per heavy atom. The van der Waals surface area contributed by atoms with E-state index in [0.29, 0.717) is 0 Å². The molecule has 0 amide bonds. The van der Waals surface area contributed by atoms with Gasteiger partial charge >= 0.3 is 0 Å². The topological polar surface area (TPSA) is 32.3 Å². The minimum atomic E-state index is -0.458. The molecular weight excluding hydrogens is 266 g/mol. The second-order valence-corrected chi connectivity index (χ2v) is 5.42. The standard InChI is InChI=1S/C13H18BrNO/c14-12-4-2-1-3-11(12)5-6-13(16)7-9-15-10-8-13/h1-4,15-16H,5-10H2. The van der Waals surface area contributed by atoms with Gasteiger partial charge in [-0.3, -0.25) is 0 Å². The summed E-state index contributed by atoms with van der Waals surface area (Å²) in [6.07, 6.45) is 3.55. The van der Waals surface area contributed by atoms with Gasteiger partial charge in [0.1, 0.15) is 0 Å². The molecule has 0 aliphatic carbocycles. The Balaban J connectivity index is 1.94. The molecule has 88 valence electrons. The van der Waals surface area contributed by atoms with Crippen molar-refractivity contribution in [1.29, 1.82) is 0 Å². The summed E-state index contributed by atoms with van der Waals surface area (Å²) >= 11 is 3.54. The minimum Gasteiger partial charge on any atom is -0.390 e. The highest BCUT2D eigenvalue weighted by Gasteiger charge is 2.28. The molecule has 2 N–H and O–H groups in total. The van der Waals surface area contributed by atoms with Crippen LogP contribution in [0.15, 0.2) is 28.7 Å². The molecular formula is C13H18BrNO. The predicted octanol–water partition coefficient (Wildman–Crippen LogP) is 2.50. The summed E-state index contributed by atoms with van der Waals surface area (Å²) in [5, 5.41) is 13.6. The summed E-state index contributed by atoms with van der Waals surface area (Å²) in [5.41, 5.74) is 0.829. The Hall–Kier alpha value is -0.380. The normalized spacial score (nSPS) is 19.6. The van der Waals surface area contributed by atoms with Gasteiger partial charge in [-0.1, -0.05) is 34.1 Å². The van der Waals surface area contributed by atoms with Crippen molar-refractivity contribution in [2.45, 2.75) is 31.3 Å². The van der Waals surface area contributed by atoms with Crippen LogP contribution in [0.5, 0.6) is 0 Å². The van der Waals surface area contributed by atoms with Crippen LogP contribution in [0.2, 0.25) is 0 Å². The van der Waals surface area contributed by atoms with E-state index in [1.165, 1.54) is 5.56 Å². The lowest BCUT2D eigenvalue weighted by Gasteiger charge is -2.32. The average Bonchev–Trinajstić information content (AvgIpc) is 2.29. The van der Waals surface area contributed by atoms with Gasteiger partial charge in [-0.25, -0.2) is 0 Å². The van der Waals surface area contributed by atoms with E-state index in [0.717, 1.165) is 43.2 Å². The van der Waals surface area contributed by atoms with Crippen LogP contribution in [0.1, 0.15) is 24.8 Å². The Kier molecular flexibility index (Phi) is 4.00.